The minimum Gasteiger partial charge on any atom is -0.339 e. The average Bonchev–Trinajstić information content (AvgIpc) is 2.98. The summed E-state index contributed by atoms with van der Waals surface area (Å²) < 4.78 is 5.18. The molecule has 1 fully saturated rings. The molecule has 1 atom stereocenters. The van der Waals surface area contributed by atoms with Crippen LogP contribution in [0.5, 0.6) is 0 Å². The minimum absolute atomic E-state index is 0.0577. The molecule has 0 bridgehead atoms. The van der Waals surface area contributed by atoms with E-state index in [2.05, 4.69) is 25.4 Å². The smallest absolute Gasteiger partial charge is 0.317 e. The Balaban J connectivity index is 1.51. The van der Waals surface area contributed by atoms with E-state index in [-0.39, 0.29) is 6.03 Å². The largest absolute Gasteiger partial charge is 0.339 e. The van der Waals surface area contributed by atoms with E-state index in [1.165, 1.54) is 0 Å². The lowest BCUT2D eigenvalue weighted by Crippen LogP contribution is -2.45. The molecule has 3 rings (SSSR count). The molecule has 1 unspecified atom stereocenters. The quantitative estimate of drug-likeness (QED) is 0.915. The summed E-state index contributed by atoms with van der Waals surface area (Å²) in [6, 6.07) is 1.75. The predicted molar refractivity (Wildman–Crippen MR) is 86.0 cm³/mol. The van der Waals surface area contributed by atoms with Crippen molar-refractivity contribution >= 4 is 6.03 Å². The number of carbonyl (C=O) groups is 1. The molecule has 2 aromatic heterocycles. The third-order valence-corrected chi connectivity index (χ3v) is 4.09. The molecule has 2 aromatic rings. The zero-order valence-corrected chi connectivity index (χ0v) is 14.0. The first kappa shape index (κ1) is 16.4. The van der Waals surface area contributed by atoms with Gasteiger partial charge in [-0.25, -0.2) is 14.8 Å². The van der Waals surface area contributed by atoms with E-state index in [4.69, 9.17) is 4.52 Å². The third kappa shape index (κ3) is 4.27. The molecule has 2 amide bonds. The van der Waals surface area contributed by atoms with Crippen molar-refractivity contribution < 1.29 is 9.32 Å². The second-order valence-corrected chi connectivity index (χ2v) is 6.15. The lowest BCUT2D eigenvalue weighted by molar-refractivity contribution is 0.161. The van der Waals surface area contributed by atoms with Crippen LogP contribution in [-0.4, -0.2) is 44.1 Å². The van der Waals surface area contributed by atoms with Crippen LogP contribution in [-0.2, 0) is 13.0 Å². The highest BCUT2D eigenvalue weighted by molar-refractivity contribution is 5.74. The fourth-order valence-electron chi connectivity index (χ4n) is 2.97. The molecule has 24 heavy (non-hydrogen) atoms. The molecule has 0 aliphatic carbocycles. The summed E-state index contributed by atoms with van der Waals surface area (Å²) in [6.45, 7) is 5.53. The molecular weight excluding hydrogens is 308 g/mol. The van der Waals surface area contributed by atoms with Crippen LogP contribution < -0.4 is 5.32 Å². The van der Waals surface area contributed by atoms with Crippen LogP contribution in [0.3, 0.4) is 0 Å². The maximum atomic E-state index is 12.4. The van der Waals surface area contributed by atoms with Gasteiger partial charge in [0.25, 0.3) is 0 Å². The molecule has 8 heteroatoms. The SMILES string of the molecule is Cc1nccc(CNC(=O)N2CCCC(Cc3nc(C)no3)C2)n1. The van der Waals surface area contributed by atoms with Crippen molar-refractivity contribution in [3.63, 3.8) is 0 Å². The van der Waals surface area contributed by atoms with E-state index < -0.39 is 0 Å². The zero-order valence-electron chi connectivity index (χ0n) is 14.0. The van der Waals surface area contributed by atoms with Gasteiger partial charge in [0.1, 0.15) is 5.82 Å². The van der Waals surface area contributed by atoms with Gasteiger partial charge in [-0.1, -0.05) is 5.16 Å². The van der Waals surface area contributed by atoms with Gasteiger partial charge in [0.05, 0.1) is 12.2 Å². The molecule has 0 aromatic carbocycles. The van der Waals surface area contributed by atoms with Crippen molar-refractivity contribution in [3.8, 4) is 0 Å². The average molecular weight is 330 g/mol. The Labute approximate surface area is 140 Å². The van der Waals surface area contributed by atoms with Gasteiger partial charge in [0, 0.05) is 25.7 Å². The molecule has 8 nitrogen and oxygen atoms in total. The molecule has 3 heterocycles. The van der Waals surface area contributed by atoms with Crippen molar-refractivity contribution in [1.82, 2.24) is 30.3 Å². The molecule has 1 aliphatic rings. The maximum Gasteiger partial charge on any atom is 0.317 e. The highest BCUT2D eigenvalue weighted by Crippen LogP contribution is 2.20. The van der Waals surface area contributed by atoms with Crippen molar-refractivity contribution in [2.75, 3.05) is 13.1 Å². The predicted octanol–water partition coefficient (Wildman–Crippen LogP) is 1.64. The van der Waals surface area contributed by atoms with Crippen molar-refractivity contribution in [3.05, 3.63) is 35.5 Å². The van der Waals surface area contributed by atoms with Gasteiger partial charge >= 0.3 is 6.03 Å². The second kappa shape index (κ2) is 7.37. The molecule has 128 valence electrons. The summed E-state index contributed by atoms with van der Waals surface area (Å²) in [5.74, 6) is 2.35. The van der Waals surface area contributed by atoms with Gasteiger partial charge in [0.2, 0.25) is 5.89 Å². The summed E-state index contributed by atoms with van der Waals surface area (Å²) in [5, 5.41) is 6.75. The Kier molecular flexibility index (Phi) is 5.02. The van der Waals surface area contributed by atoms with Gasteiger partial charge in [0.15, 0.2) is 5.82 Å². The molecule has 0 spiro atoms. The summed E-state index contributed by atoms with van der Waals surface area (Å²) in [7, 11) is 0. The summed E-state index contributed by atoms with van der Waals surface area (Å²) >= 11 is 0. The lowest BCUT2D eigenvalue weighted by atomic mass is 9.95. The summed E-state index contributed by atoms with van der Waals surface area (Å²) in [6.07, 6.45) is 4.47. The molecular formula is C16H22N6O2. The van der Waals surface area contributed by atoms with Crippen LogP contribution in [0.15, 0.2) is 16.8 Å². The number of nitrogens with one attached hydrogen (secondary N) is 1. The number of rotatable bonds is 4. The molecule has 0 saturated carbocycles. The Morgan fingerprint density at radius 2 is 2.25 bits per heavy atom. The number of amides is 2. The third-order valence-electron chi connectivity index (χ3n) is 4.09. The number of aryl methyl sites for hydroxylation is 2. The maximum absolute atomic E-state index is 12.4. The van der Waals surface area contributed by atoms with E-state index >= 15 is 0 Å². The number of urea groups is 1. The Morgan fingerprint density at radius 1 is 1.38 bits per heavy atom. The zero-order chi connectivity index (χ0) is 16.9. The number of nitrogens with zero attached hydrogens (tertiary/aromatic N) is 5. The fourth-order valence-corrected chi connectivity index (χ4v) is 2.97. The van der Waals surface area contributed by atoms with Crippen LogP contribution in [0.25, 0.3) is 0 Å². The Morgan fingerprint density at radius 3 is 3.00 bits per heavy atom. The standard InChI is InChI=1S/C16H22N6O2/c1-11-17-6-5-14(19-11)9-18-16(23)22-7-3-4-13(10-22)8-15-20-12(2)21-24-15/h5-6,13H,3-4,7-10H2,1-2H3,(H,18,23). The second-order valence-electron chi connectivity index (χ2n) is 6.15. The fraction of sp³-hybridized carbons (Fsp3) is 0.562. The Hall–Kier alpha value is -2.51. The number of piperidine rings is 1. The first-order valence-electron chi connectivity index (χ1n) is 8.20. The van der Waals surface area contributed by atoms with Crippen LogP contribution in [0.4, 0.5) is 4.79 Å². The van der Waals surface area contributed by atoms with Crippen LogP contribution >= 0.6 is 0 Å². The van der Waals surface area contributed by atoms with Crippen LogP contribution in [0, 0.1) is 19.8 Å². The monoisotopic (exact) mass is 330 g/mol. The van der Waals surface area contributed by atoms with Crippen molar-refractivity contribution in [2.45, 2.75) is 39.7 Å². The normalized spacial score (nSPS) is 17.8. The summed E-state index contributed by atoms with van der Waals surface area (Å²) in [4.78, 5) is 26.8. The number of hydrogen-bond donors (Lipinski definition) is 1. The van der Waals surface area contributed by atoms with Gasteiger partial charge in [-0.2, -0.15) is 4.98 Å². The van der Waals surface area contributed by atoms with Gasteiger partial charge in [-0.3, -0.25) is 0 Å². The van der Waals surface area contributed by atoms with Gasteiger partial charge in [-0.15, -0.1) is 0 Å². The van der Waals surface area contributed by atoms with E-state index in [1.807, 2.05) is 24.8 Å². The molecule has 0 radical (unpaired) electrons. The first-order valence-corrected chi connectivity index (χ1v) is 8.20. The highest BCUT2D eigenvalue weighted by Gasteiger charge is 2.25. The first-order chi connectivity index (χ1) is 11.6. The summed E-state index contributed by atoms with van der Waals surface area (Å²) in [5.41, 5.74) is 0.811. The minimum atomic E-state index is -0.0577. The molecule has 1 aliphatic heterocycles. The number of carbonyl (C=O) groups excluding carboxylic acids is 1. The van der Waals surface area contributed by atoms with Crippen LogP contribution in [0.2, 0.25) is 0 Å². The Bertz CT molecular complexity index is 701. The highest BCUT2D eigenvalue weighted by atomic mass is 16.5. The number of aromatic nitrogens is 4. The number of hydrogen-bond acceptors (Lipinski definition) is 6. The van der Waals surface area contributed by atoms with Crippen molar-refractivity contribution in [2.24, 2.45) is 5.92 Å². The van der Waals surface area contributed by atoms with Crippen LogP contribution in [0.1, 0.15) is 36.1 Å². The molecule has 1 N–H and O–H groups in total. The van der Waals surface area contributed by atoms with E-state index in [1.54, 1.807) is 6.20 Å². The number of likely N-dealkylation sites (tertiary alicyclic amines) is 1. The van der Waals surface area contributed by atoms with Gasteiger partial charge < -0.3 is 14.7 Å². The lowest BCUT2D eigenvalue weighted by Gasteiger charge is -2.32. The van der Waals surface area contributed by atoms with E-state index in [9.17, 15) is 4.79 Å². The molecule has 1 saturated heterocycles. The topological polar surface area (TPSA) is 97.0 Å². The van der Waals surface area contributed by atoms with E-state index in [0.717, 1.165) is 31.5 Å². The van der Waals surface area contributed by atoms with Gasteiger partial charge in [-0.05, 0) is 38.7 Å². The van der Waals surface area contributed by atoms with E-state index in [0.29, 0.717) is 36.5 Å². The van der Waals surface area contributed by atoms with Crippen molar-refractivity contribution in [1.29, 1.82) is 0 Å².